The van der Waals surface area contributed by atoms with Gasteiger partial charge in [-0.1, -0.05) is 0 Å². The van der Waals surface area contributed by atoms with Gasteiger partial charge in [0.05, 0.1) is 34.2 Å². The van der Waals surface area contributed by atoms with Crippen molar-refractivity contribution in [2.24, 2.45) is 0 Å². The van der Waals surface area contributed by atoms with E-state index in [2.05, 4.69) is 4.98 Å². The number of benzene rings is 2. The highest BCUT2D eigenvalue weighted by Gasteiger charge is 2.38. The van der Waals surface area contributed by atoms with Crippen LogP contribution in [0.5, 0.6) is 0 Å². The molecule has 0 saturated heterocycles. The van der Waals surface area contributed by atoms with Gasteiger partial charge in [0.1, 0.15) is 10.5 Å². The van der Waals surface area contributed by atoms with E-state index in [4.69, 9.17) is 5.11 Å². The van der Waals surface area contributed by atoms with E-state index in [1.54, 1.807) is 0 Å². The van der Waals surface area contributed by atoms with Gasteiger partial charge < -0.3 is 10.0 Å². The van der Waals surface area contributed by atoms with E-state index in [1.165, 1.54) is 0 Å². The van der Waals surface area contributed by atoms with Gasteiger partial charge in [0.2, 0.25) is 5.91 Å². The molecule has 5 nitrogen and oxygen atoms in total. The SMILES string of the molecule is O=C(O)CC1Sc2cc(C(F)(F)F)ccc2N(Cc2nc3c(F)c(F)c(F)c(F)c3s2)C1=O. The van der Waals surface area contributed by atoms with Crippen LogP contribution in [-0.2, 0) is 22.3 Å². The van der Waals surface area contributed by atoms with Crippen LogP contribution in [0.15, 0.2) is 23.1 Å². The van der Waals surface area contributed by atoms with Gasteiger partial charge in [0.25, 0.3) is 0 Å². The van der Waals surface area contributed by atoms with Gasteiger partial charge in [-0.2, -0.15) is 13.2 Å². The van der Waals surface area contributed by atoms with Crippen molar-refractivity contribution in [2.75, 3.05) is 4.90 Å². The van der Waals surface area contributed by atoms with Crippen molar-refractivity contribution in [1.29, 1.82) is 0 Å². The second-order valence-corrected chi connectivity index (χ2v) is 9.18. The molecule has 2 aromatic carbocycles. The highest BCUT2D eigenvalue weighted by atomic mass is 32.2. The molecular formula is C19H9F7N2O3S2. The Morgan fingerprint density at radius 1 is 1.09 bits per heavy atom. The number of fused-ring (bicyclic) bond motifs is 2. The molecule has 1 unspecified atom stereocenters. The molecule has 1 aliphatic heterocycles. The monoisotopic (exact) mass is 510 g/mol. The largest absolute Gasteiger partial charge is 0.481 e. The Balaban J connectivity index is 1.79. The van der Waals surface area contributed by atoms with E-state index >= 15 is 0 Å². The standard InChI is InChI=1S/C19H9F7N2O3S2/c20-12-13(21)15(23)17-16(14(12)22)27-10(33-17)5-28-7-2-1-6(19(24,25)26)3-8(7)32-9(18(28)31)4-11(29)30/h1-3,9H,4-5H2,(H,29,30). The number of hydrogen-bond acceptors (Lipinski definition) is 5. The normalized spacial score (nSPS) is 16.4. The zero-order chi connectivity index (χ0) is 24.2. The van der Waals surface area contributed by atoms with Crippen LogP contribution in [0.3, 0.4) is 0 Å². The molecule has 0 bridgehead atoms. The fraction of sp³-hybridized carbons (Fsp3) is 0.211. The molecule has 0 fully saturated rings. The lowest BCUT2D eigenvalue weighted by Crippen LogP contribution is -2.41. The van der Waals surface area contributed by atoms with Crippen molar-refractivity contribution in [3.05, 3.63) is 52.0 Å². The summed E-state index contributed by atoms with van der Waals surface area (Å²) in [5.74, 6) is -9.65. The Morgan fingerprint density at radius 2 is 1.76 bits per heavy atom. The highest BCUT2D eigenvalue weighted by Crippen LogP contribution is 2.44. The van der Waals surface area contributed by atoms with Crippen LogP contribution in [0, 0.1) is 23.3 Å². The number of hydrogen-bond donors (Lipinski definition) is 1. The maximum Gasteiger partial charge on any atom is 0.416 e. The summed E-state index contributed by atoms with van der Waals surface area (Å²) >= 11 is 1.07. The third-order valence-corrected chi connectivity index (χ3v) is 6.97. The second-order valence-electron chi connectivity index (χ2n) is 6.85. The van der Waals surface area contributed by atoms with Gasteiger partial charge in [-0.25, -0.2) is 22.5 Å². The summed E-state index contributed by atoms with van der Waals surface area (Å²) in [5, 5.41) is 7.62. The number of thioether (sulfide) groups is 1. The predicted molar refractivity (Wildman–Crippen MR) is 104 cm³/mol. The van der Waals surface area contributed by atoms with Crippen LogP contribution in [0.1, 0.15) is 17.0 Å². The summed E-state index contributed by atoms with van der Waals surface area (Å²) in [6, 6.07) is 2.49. The maximum absolute atomic E-state index is 14.0. The molecule has 0 radical (unpaired) electrons. The average molecular weight is 510 g/mol. The molecule has 0 spiro atoms. The first kappa shape index (κ1) is 23.3. The van der Waals surface area contributed by atoms with Crippen molar-refractivity contribution in [2.45, 2.75) is 29.3 Å². The van der Waals surface area contributed by atoms with Crippen LogP contribution >= 0.6 is 23.1 Å². The topological polar surface area (TPSA) is 70.5 Å². The minimum absolute atomic E-state index is 0.00259. The highest BCUT2D eigenvalue weighted by molar-refractivity contribution is 8.01. The molecule has 1 amide bonds. The van der Waals surface area contributed by atoms with E-state index in [0.29, 0.717) is 23.1 Å². The first-order valence-corrected chi connectivity index (χ1v) is 10.6. The summed E-state index contributed by atoms with van der Waals surface area (Å²) in [6.07, 6.45) is -5.39. The zero-order valence-corrected chi connectivity index (χ0v) is 17.5. The first-order chi connectivity index (χ1) is 15.4. The predicted octanol–water partition coefficient (Wildman–Crippen LogP) is 5.35. The number of alkyl halides is 3. The summed E-state index contributed by atoms with van der Waals surface area (Å²) in [6.45, 7) is -0.519. The van der Waals surface area contributed by atoms with Gasteiger partial charge in [0, 0.05) is 4.90 Å². The summed E-state index contributed by atoms with van der Waals surface area (Å²) in [4.78, 5) is 28.7. The first-order valence-electron chi connectivity index (χ1n) is 8.91. The molecule has 1 atom stereocenters. The number of aliphatic carboxylic acids is 1. The second kappa shape index (κ2) is 8.17. The lowest BCUT2D eigenvalue weighted by molar-refractivity contribution is -0.139. The van der Waals surface area contributed by atoms with E-state index in [-0.39, 0.29) is 15.6 Å². The fourth-order valence-electron chi connectivity index (χ4n) is 3.22. The van der Waals surface area contributed by atoms with Crippen LogP contribution in [0.2, 0.25) is 0 Å². The Hall–Kier alpha value is -2.87. The molecular weight excluding hydrogens is 501 g/mol. The van der Waals surface area contributed by atoms with Crippen molar-refractivity contribution in [3.63, 3.8) is 0 Å². The summed E-state index contributed by atoms with van der Waals surface area (Å²) < 4.78 is 93.8. The molecule has 0 aliphatic carbocycles. The third kappa shape index (κ3) is 4.12. The van der Waals surface area contributed by atoms with E-state index in [1.807, 2.05) is 0 Å². The molecule has 0 saturated carbocycles. The average Bonchev–Trinajstić information content (AvgIpc) is 3.16. The van der Waals surface area contributed by atoms with Gasteiger partial charge in [0.15, 0.2) is 23.3 Å². The van der Waals surface area contributed by atoms with Gasteiger partial charge >= 0.3 is 12.1 Å². The number of carboxylic acid groups (broad SMARTS) is 1. The zero-order valence-electron chi connectivity index (χ0n) is 15.8. The van der Waals surface area contributed by atoms with Crippen LogP contribution in [-0.4, -0.2) is 27.2 Å². The fourth-order valence-corrected chi connectivity index (χ4v) is 5.45. The number of rotatable bonds is 4. The Kier molecular flexibility index (Phi) is 5.76. The van der Waals surface area contributed by atoms with Gasteiger partial charge in [-0.3, -0.25) is 9.59 Å². The number of amides is 1. The number of nitrogens with zero attached hydrogens (tertiary/aromatic N) is 2. The molecule has 1 aromatic heterocycles. The molecule has 14 heteroatoms. The van der Waals surface area contributed by atoms with Crippen LogP contribution < -0.4 is 4.90 Å². The number of aromatic nitrogens is 1. The lowest BCUT2D eigenvalue weighted by atomic mass is 10.1. The number of carbonyl (C=O) groups is 2. The number of thiazole rings is 1. The van der Waals surface area contributed by atoms with Gasteiger partial charge in [-0.15, -0.1) is 23.1 Å². The number of carboxylic acids is 1. The third-order valence-electron chi connectivity index (χ3n) is 4.70. The van der Waals surface area contributed by atoms with Crippen molar-refractivity contribution >= 4 is 50.9 Å². The molecule has 2 heterocycles. The van der Waals surface area contributed by atoms with Crippen molar-refractivity contribution < 1.29 is 45.4 Å². The summed E-state index contributed by atoms with van der Waals surface area (Å²) in [5.41, 5.74) is -1.83. The van der Waals surface area contributed by atoms with Crippen LogP contribution in [0.4, 0.5) is 36.4 Å². The Bertz CT molecular complexity index is 1260. The van der Waals surface area contributed by atoms with E-state index in [0.717, 1.165) is 23.1 Å². The van der Waals surface area contributed by atoms with Crippen molar-refractivity contribution in [1.82, 2.24) is 4.98 Å². The molecule has 1 aliphatic rings. The Morgan fingerprint density at radius 3 is 2.39 bits per heavy atom. The minimum Gasteiger partial charge on any atom is -0.481 e. The van der Waals surface area contributed by atoms with Crippen LogP contribution in [0.25, 0.3) is 10.2 Å². The molecule has 4 rings (SSSR count). The molecule has 3 aromatic rings. The number of carbonyl (C=O) groups excluding carboxylic acids is 1. The van der Waals surface area contributed by atoms with E-state index in [9.17, 15) is 40.3 Å². The Labute approximate surface area is 187 Å². The van der Waals surface area contributed by atoms with E-state index < -0.39 is 75.3 Å². The number of halogens is 7. The molecule has 174 valence electrons. The van der Waals surface area contributed by atoms with Crippen molar-refractivity contribution in [3.8, 4) is 0 Å². The summed E-state index contributed by atoms with van der Waals surface area (Å²) in [7, 11) is 0. The lowest BCUT2D eigenvalue weighted by Gasteiger charge is -2.33. The smallest absolute Gasteiger partial charge is 0.416 e. The maximum atomic E-state index is 14.0. The number of anilines is 1. The quantitative estimate of drug-likeness (QED) is 0.291. The molecule has 1 N–H and O–H groups in total. The van der Waals surface area contributed by atoms with Gasteiger partial charge in [-0.05, 0) is 18.2 Å². The minimum atomic E-state index is -4.69. The molecule has 33 heavy (non-hydrogen) atoms.